The summed E-state index contributed by atoms with van der Waals surface area (Å²) in [7, 11) is 0. The summed E-state index contributed by atoms with van der Waals surface area (Å²) in [5, 5.41) is 5.07. The third kappa shape index (κ3) is 4.23. The molecule has 2 rings (SSSR count). The number of benzene rings is 2. The quantitative estimate of drug-likeness (QED) is 0.649. The molecule has 4 heteroatoms. The van der Waals surface area contributed by atoms with Crippen molar-refractivity contribution in [2.75, 3.05) is 6.54 Å². The first-order chi connectivity index (χ1) is 10.0. The van der Waals surface area contributed by atoms with E-state index >= 15 is 0 Å². The predicted octanol–water partition coefficient (Wildman–Crippen LogP) is 6.15. The number of hydrogen-bond acceptors (Lipinski definition) is 1. The Labute approximate surface area is 144 Å². The standard InChI is InChI=1S/C17H18BrCl2N/c1-3-8-21-17(12-5-4-11(2)15(19)9-12)13-6-7-14(18)16(20)10-13/h4-7,9-10,17,21H,3,8H2,1-2H3. The second kappa shape index (κ2) is 7.64. The summed E-state index contributed by atoms with van der Waals surface area (Å²) in [6.45, 7) is 5.10. The Bertz CT molecular complexity index is 577. The Morgan fingerprint density at radius 1 is 1.05 bits per heavy atom. The Morgan fingerprint density at radius 2 is 1.67 bits per heavy atom. The van der Waals surface area contributed by atoms with Crippen LogP contribution in [-0.4, -0.2) is 6.54 Å². The van der Waals surface area contributed by atoms with Gasteiger partial charge in [-0.1, -0.05) is 48.3 Å². The van der Waals surface area contributed by atoms with Crippen molar-refractivity contribution < 1.29 is 0 Å². The summed E-state index contributed by atoms with van der Waals surface area (Å²) in [4.78, 5) is 0. The molecule has 0 bridgehead atoms. The lowest BCUT2D eigenvalue weighted by Gasteiger charge is -2.21. The fourth-order valence-electron chi connectivity index (χ4n) is 2.20. The van der Waals surface area contributed by atoms with Crippen LogP contribution in [0.3, 0.4) is 0 Å². The zero-order valence-corrected chi connectivity index (χ0v) is 15.2. The molecular weight excluding hydrogens is 369 g/mol. The van der Waals surface area contributed by atoms with Crippen molar-refractivity contribution in [1.29, 1.82) is 0 Å². The van der Waals surface area contributed by atoms with E-state index in [0.29, 0.717) is 5.02 Å². The van der Waals surface area contributed by atoms with Crippen molar-refractivity contribution in [1.82, 2.24) is 5.32 Å². The minimum absolute atomic E-state index is 0.0913. The van der Waals surface area contributed by atoms with E-state index in [1.54, 1.807) is 0 Å². The minimum atomic E-state index is 0.0913. The smallest absolute Gasteiger partial charge is 0.0577 e. The molecule has 1 nitrogen and oxygen atoms in total. The fourth-order valence-corrected chi connectivity index (χ4v) is 2.82. The van der Waals surface area contributed by atoms with Crippen molar-refractivity contribution >= 4 is 39.1 Å². The van der Waals surface area contributed by atoms with Crippen molar-refractivity contribution in [3.63, 3.8) is 0 Å². The highest BCUT2D eigenvalue weighted by Gasteiger charge is 2.15. The van der Waals surface area contributed by atoms with E-state index in [-0.39, 0.29) is 6.04 Å². The van der Waals surface area contributed by atoms with Crippen molar-refractivity contribution in [2.24, 2.45) is 0 Å². The van der Waals surface area contributed by atoms with Crippen LogP contribution in [0.2, 0.25) is 10.0 Å². The summed E-state index contributed by atoms with van der Waals surface area (Å²) >= 11 is 15.9. The molecule has 0 radical (unpaired) electrons. The van der Waals surface area contributed by atoms with E-state index in [2.05, 4.69) is 46.4 Å². The first-order valence-corrected chi connectivity index (χ1v) is 8.52. The molecule has 2 aromatic carbocycles. The molecule has 0 aliphatic rings. The monoisotopic (exact) mass is 385 g/mol. The van der Waals surface area contributed by atoms with E-state index in [9.17, 15) is 0 Å². The highest BCUT2D eigenvalue weighted by Crippen LogP contribution is 2.30. The maximum absolute atomic E-state index is 6.27. The summed E-state index contributed by atoms with van der Waals surface area (Å²) in [6.07, 6.45) is 1.07. The Kier molecular flexibility index (Phi) is 6.12. The van der Waals surface area contributed by atoms with Crippen LogP contribution in [-0.2, 0) is 0 Å². The lowest BCUT2D eigenvalue weighted by Crippen LogP contribution is -2.23. The summed E-state index contributed by atoms with van der Waals surface area (Å²) < 4.78 is 0.907. The molecule has 0 aliphatic carbocycles. The number of aryl methyl sites for hydroxylation is 1. The van der Waals surface area contributed by atoms with E-state index < -0.39 is 0 Å². The Balaban J connectivity index is 2.41. The molecule has 0 spiro atoms. The van der Waals surface area contributed by atoms with Gasteiger partial charge in [0.05, 0.1) is 11.1 Å². The van der Waals surface area contributed by atoms with Gasteiger partial charge in [0, 0.05) is 9.50 Å². The van der Waals surface area contributed by atoms with E-state index in [4.69, 9.17) is 23.2 Å². The number of nitrogens with one attached hydrogen (secondary N) is 1. The maximum Gasteiger partial charge on any atom is 0.0577 e. The second-order valence-electron chi connectivity index (χ2n) is 5.07. The Morgan fingerprint density at radius 3 is 2.24 bits per heavy atom. The summed E-state index contributed by atoms with van der Waals surface area (Å²) in [5.74, 6) is 0. The second-order valence-corrected chi connectivity index (χ2v) is 6.74. The van der Waals surface area contributed by atoms with Crippen LogP contribution in [0.1, 0.15) is 36.1 Å². The molecule has 0 heterocycles. The average molecular weight is 387 g/mol. The first-order valence-electron chi connectivity index (χ1n) is 6.97. The van der Waals surface area contributed by atoms with Gasteiger partial charge < -0.3 is 5.32 Å². The van der Waals surface area contributed by atoms with Gasteiger partial charge in [-0.3, -0.25) is 0 Å². The third-order valence-corrected chi connectivity index (χ3v) is 5.04. The van der Waals surface area contributed by atoms with E-state index in [1.165, 1.54) is 0 Å². The lowest BCUT2D eigenvalue weighted by molar-refractivity contribution is 0.598. The van der Waals surface area contributed by atoms with E-state index in [1.807, 2.05) is 25.1 Å². The third-order valence-electron chi connectivity index (χ3n) is 3.40. The molecule has 0 aromatic heterocycles. The van der Waals surface area contributed by atoms with Crippen LogP contribution in [0.25, 0.3) is 0 Å². The minimum Gasteiger partial charge on any atom is -0.306 e. The molecule has 1 atom stereocenters. The van der Waals surface area contributed by atoms with Gasteiger partial charge in [0.25, 0.3) is 0 Å². The van der Waals surface area contributed by atoms with Gasteiger partial charge in [-0.2, -0.15) is 0 Å². The highest BCUT2D eigenvalue weighted by molar-refractivity contribution is 9.10. The van der Waals surface area contributed by atoms with Gasteiger partial charge in [0.1, 0.15) is 0 Å². The molecule has 0 saturated carbocycles. The Hall–Kier alpha value is -0.540. The van der Waals surface area contributed by atoms with Gasteiger partial charge >= 0.3 is 0 Å². The highest BCUT2D eigenvalue weighted by atomic mass is 79.9. The van der Waals surface area contributed by atoms with Gasteiger partial charge in [-0.15, -0.1) is 0 Å². The van der Waals surface area contributed by atoms with Gasteiger partial charge in [-0.05, 0) is 70.7 Å². The zero-order chi connectivity index (χ0) is 15.4. The maximum atomic E-state index is 6.27. The van der Waals surface area contributed by atoms with Crippen LogP contribution in [0.5, 0.6) is 0 Å². The first kappa shape index (κ1) is 16.8. The number of halogens is 3. The molecular formula is C17H18BrCl2N. The molecule has 0 amide bonds. The van der Waals surface area contributed by atoms with Crippen molar-refractivity contribution in [3.8, 4) is 0 Å². The van der Waals surface area contributed by atoms with Crippen LogP contribution < -0.4 is 5.32 Å². The molecule has 2 aromatic rings. The number of hydrogen-bond donors (Lipinski definition) is 1. The van der Waals surface area contributed by atoms with Crippen LogP contribution in [0.15, 0.2) is 40.9 Å². The van der Waals surface area contributed by atoms with Crippen LogP contribution >= 0.6 is 39.1 Å². The van der Waals surface area contributed by atoms with Crippen LogP contribution in [0, 0.1) is 6.92 Å². The molecule has 0 aliphatic heterocycles. The fraction of sp³-hybridized carbons (Fsp3) is 0.294. The zero-order valence-electron chi connectivity index (χ0n) is 12.1. The van der Waals surface area contributed by atoms with Crippen molar-refractivity contribution in [2.45, 2.75) is 26.3 Å². The topological polar surface area (TPSA) is 12.0 Å². The molecule has 112 valence electrons. The van der Waals surface area contributed by atoms with E-state index in [0.717, 1.165) is 39.2 Å². The van der Waals surface area contributed by atoms with Crippen LogP contribution in [0.4, 0.5) is 0 Å². The number of rotatable bonds is 5. The molecule has 0 saturated heterocycles. The SMILES string of the molecule is CCCNC(c1ccc(C)c(Cl)c1)c1ccc(Br)c(Cl)c1. The molecule has 1 unspecified atom stereocenters. The molecule has 21 heavy (non-hydrogen) atoms. The molecule has 1 N–H and O–H groups in total. The summed E-state index contributed by atoms with van der Waals surface area (Å²) in [5.41, 5.74) is 3.37. The lowest BCUT2D eigenvalue weighted by atomic mass is 9.97. The largest absolute Gasteiger partial charge is 0.306 e. The van der Waals surface area contributed by atoms with Gasteiger partial charge in [0.2, 0.25) is 0 Å². The average Bonchev–Trinajstić information content (AvgIpc) is 2.46. The predicted molar refractivity (Wildman–Crippen MR) is 95.5 cm³/mol. The normalized spacial score (nSPS) is 12.4. The van der Waals surface area contributed by atoms with Crippen molar-refractivity contribution in [3.05, 3.63) is 67.6 Å². The molecule has 0 fully saturated rings. The summed E-state index contributed by atoms with van der Waals surface area (Å²) in [6, 6.07) is 12.3. The van der Waals surface area contributed by atoms with Gasteiger partial charge in [-0.25, -0.2) is 0 Å². The van der Waals surface area contributed by atoms with Gasteiger partial charge in [0.15, 0.2) is 0 Å².